The van der Waals surface area contributed by atoms with Crippen LogP contribution in [0.4, 0.5) is 5.69 Å². The summed E-state index contributed by atoms with van der Waals surface area (Å²) in [6, 6.07) is 28.5. The molecule has 0 aromatic heterocycles. The molecule has 4 aromatic rings. The maximum absolute atomic E-state index is 13.7. The number of phenolic OH excluding ortho intramolecular Hbond substituents is 1. The zero-order valence-electron chi connectivity index (χ0n) is 20.0. The van der Waals surface area contributed by atoms with Crippen LogP contribution in [-0.4, -0.2) is 32.8 Å². The van der Waals surface area contributed by atoms with Crippen molar-refractivity contribution < 1.29 is 23.1 Å². The van der Waals surface area contributed by atoms with Crippen LogP contribution in [0.1, 0.15) is 21.5 Å². The van der Waals surface area contributed by atoms with E-state index >= 15 is 0 Å². The lowest BCUT2D eigenvalue weighted by Gasteiger charge is -2.26. The Hall–Kier alpha value is -4.63. The average molecular weight is 516 g/mol. The number of hydrogen-bond donors (Lipinski definition) is 2. The lowest BCUT2D eigenvalue weighted by molar-refractivity contribution is 0.0955. The normalized spacial score (nSPS) is 11.3. The van der Waals surface area contributed by atoms with Gasteiger partial charge in [-0.1, -0.05) is 66.7 Å². The number of methoxy groups -OCH3 is 1. The number of nitrogens with zero attached hydrogens (tertiary/aromatic N) is 2. The van der Waals surface area contributed by atoms with Crippen LogP contribution in [0.15, 0.2) is 113 Å². The molecule has 0 aliphatic heterocycles. The van der Waals surface area contributed by atoms with E-state index in [0.717, 1.165) is 5.56 Å². The number of carbonyl (C=O) groups excluding carboxylic acids is 1. The van der Waals surface area contributed by atoms with Crippen molar-refractivity contribution in [3.8, 4) is 11.5 Å². The first-order valence-electron chi connectivity index (χ1n) is 11.3. The molecule has 4 rings (SSSR count). The van der Waals surface area contributed by atoms with Crippen LogP contribution in [0.25, 0.3) is 0 Å². The Bertz CT molecular complexity index is 1510. The highest BCUT2D eigenvalue weighted by atomic mass is 32.2. The van der Waals surface area contributed by atoms with Crippen molar-refractivity contribution in [1.29, 1.82) is 0 Å². The standard InChI is InChI=1S/C28H25N3O5S/c1-36-26-18-10-13-22(27(26)32)19-29-30-28(33)24-16-8-9-17-25(24)31(20-21-11-4-2-5-12-21)37(34,35)23-14-6-3-7-15-23/h2-19,32H,20H2,1H3,(H,30,33)/b29-19+. The molecule has 1 amide bonds. The molecule has 8 nitrogen and oxygen atoms in total. The molecule has 0 bridgehead atoms. The third-order valence-electron chi connectivity index (χ3n) is 5.54. The smallest absolute Gasteiger partial charge is 0.273 e. The summed E-state index contributed by atoms with van der Waals surface area (Å²) < 4.78 is 33.8. The first-order chi connectivity index (χ1) is 17.9. The van der Waals surface area contributed by atoms with Crippen molar-refractivity contribution >= 4 is 27.8 Å². The number of anilines is 1. The number of ether oxygens (including phenoxy) is 1. The summed E-state index contributed by atoms with van der Waals surface area (Å²) in [4.78, 5) is 13.3. The molecule has 0 unspecified atom stereocenters. The lowest BCUT2D eigenvalue weighted by atomic mass is 10.1. The Morgan fingerprint density at radius 3 is 2.27 bits per heavy atom. The van der Waals surface area contributed by atoms with E-state index in [2.05, 4.69) is 10.5 Å². The minimum atomic E-state index is -4.02. The van der Waals surface area contributed by atoms with E-state index < -0.39 is 15.9 Å². The quantitative estimate of drug-likeness (QED) is 0.251. The second-order valence-corrected chi connectivity index (χ2v) is 9.79. The largest absolute Gasteiger partial charge is 0.504 e. The molecule has 0 spiro atoms. The number of amides is 1. The van der Waals surface area contributed by atoms with Gasteiger partial charge in [0.1, 0.15) is 0 Å². The van der Waals surface area contributed by atoms with E-state index in [4.69, 9.17) is 4.74 Å². The molecule has 9 heteroatoms. The van der Waals surface area contributed by atoms with Crippen LogP contribution < -0.4 is 14.5 Å². The molecule has 188 valence electrons. The molecule has 0 fully saturated rings. The minimum absolute atomic E-state index is 0.0172. The number of aromatic hydroxyl groups is 1. The van der Waals surface area contributed by atoms with Gasteiger partial charge in [0.2, 0.25) is 0 Å². The summed E-state index contributed by atoms with van der Waals surface area (Å²) in [7, 11) is -2.59. The van der Waals surface area contributed by atoms with Crippen LogP contribution in [0.2, 0.25) is 0 Å². The van der Waals surface area contributed by atoms with Gasteiger partial charge in [0.25, 0.3) is 15.9 Å². The Morgan fingerprint density at radius 1 is 0.919 bits per heavy atom. The first-order valence-corrected chi connectivity index (χ1v) is 12.8. The summed E-state index contributed by atoms with van der Waals surface area (Å²) in [5.74, 6) is -0.467. The number of hydrazone groups is 1. The molecular weight excluding hydrogens is 490 g/mol. The summed E-state index contributed by atoms with van der Waals surface area (Å²) in [5, 5.41) is 14.2. The highest BCUT2D eigenvalue weighted by Gasteiger charge is 2.28. The van der Waals surface area contributed by atoms with E-state index in [1.54, 1.807) is 54.6 Å². The average Bonchev–Trinajstić information content (AvgIpc) is 2.93. The zero-order chi connectivity index (χ0) is 26.3. The molecule has 0 saturated heterocycles. The van der Waals surface area contributed by atoms with Crippen molar-refractivity contribution in [3.63, 3.8) is 0 Å². The maximum atomic E-state index is 13.7. The third kappa shape index (κ3) is 5.79. The Morgan fingerprint density at radius 2 is 1.57 bits per heavy atom. The molecular formula is C28H25N3O5S. The van der Waals surface area contributed by atoms with E-state index in [1.807, 2.05) is 30.3 Å². The van der Waals surface area contributed by atoms with Gasteiger partial charge in [-0.15, -0.1) is 0 Å². The molecule has 37 heavy (non-hydrogen) atoms. The van der Waals surface area contributed by atoms with Gasteiger partial charge in [-0.3, -0.25) is 9.10 Å². The van der Waals surface area contributed by atoms with Crippen molar-refractivity contribution in [2.24, 2.45) is 5.10 Å². The van der Waals surface area contributed by atoms with Gasteiger partial charge in [0.15, 0.2) is 11.5 Å². The highest BCUT2D eigenvalue weighted by molar-refractivity contribution is 7.92. The molecule has 0 heterocycles. The second kappa shape index (κ2) is 11.4. The number of rotatable bonds is 9. The van der Waals surface area contributed by atoms with Gasteiger partial charge in [0, 0.05) is 5.56 Å². The monoisotopic (exact) mass is 515 g/mol. The second-order valence-electron chi connectivity index (χ2n) is 7.92. The van der Waals surface area contributed by atoms with E-state index in [9.17, 15) is 18.3 Å². The first kappa shape index (κ1) is 25.5. The number of benzene rings is 4. The Kier molecular flexibility index (Phi) is 7.85. The molecule has 0 radical (unpaired) electrons. The maximum Gasteiger partial charge on any atom is 0.273 e. The topological polar surface area (TPSA) is 108 Å². The van der Waals surface area contributed by atoms with Crippen LogP contribution in [0, 0.1) is 0 Å². The predicted octanol–water partition coefficient (Wildman–Crippen LogP) is 4.56. The Balaban J connectivity index is 1.69. The number of carbonyl (C=O) groups is 1. The van der Waals surface area contributed by atoms with Crippen LogP contribution in [0.3, 0.4) is 0 Å². The van der Waals surface area contributed by atoms with Crippen molar-refractivity contribution in [3.05, 3.63) is 120 Å². The minimum Gasteiger partial charge on any atom is -0.504 e. The van der Waals surface area contributed by atoms with Crippen molar-refractivity contribution in [2.45, 2.75) is 11.4 Å². The van der Waals surface area contributed by atoms with E-state index in [-0.39, 0.29) is 34.2 Å². The number of para-hydroxylation sites is 2. The van der Waals surface area contributed by atoms with Gasteiger partial charge in [-0.25, -0.2) is 13.8 Å². The highest BCUT2D eigenvalue weighted by Crippen LogP contribution is 2.30. The lowest BCUT2D eigenvalue weighted by Crippen LogP contribution is -2.33. The molecule has 0 aliphatic rings. The van der Waals surface area contributed by atoms with Crippen LogP contribution >= 0.6 is 0 Å². The third-order valence-corrected chi connectivity index (χ3v) is 7.31. The van der Waals surface area contributed by atoms with Crippen LogP contribution in [0.5, 0.6) is 11.5 Å². The van der Waals surface area contributed by atoms with Crippen LogP contribution in [-0.2, 0) is 16.6 Å². The SMILES string of the molecule is COc1cccc(/C=N/NC(=O)c2ccccc2N(Cc2ccccc2)S(=O)(=O)c2ccccc2)c1O. The fourth-order valence-corrected chi connectivity index (χ4v) is 5.17. The van der Waals surface area contributed by atoms with E-state index in [0.29, 0.717) is 5.56 Å². The summed E-state index contributed by atoms with van der Waals surface area (Å²) in [6.45, 7) is 0.0172. The van der Waals surface area contributed by atoms with Gasteiger partial charge >= 0.3 is 0 Å². The molecule has 2 N–H and O–H groups in total. The number of phenols is 1. The zero-order valence-corrected chi connectivity index (χ0v) is 20.8. The number of nitrogens with one attached hydrogen (secondary N) is 1. The van der Waals surface area contributed by atoms with Gasteiger partial charge in [-0.2, -0.15) is 5.10 Å². The fourth-order valence-electron chi connectivity index (χ4n) is 3.68. The van der Waals surface area contributed by atoms with Gasteiger partial charge < -0.3 is 9.84 Å². The molecule has 0 atom stereocenters. The molecule has 0 aliphatic carbocycles. The van der Waals surface area contributed by atoms with Gasteiger partial charge in [0.05, 0.1) is 36.0 Å². The van der Waals surface area contributed by atoms with Crippen molar-refractivity contribution in [2.75, 3.05) is 11.4 Å². The number of hydrogen-bond acceptors (Lipinski definition) is 6. The fraction of sp³-hybridized carbons (Fsp3) is 0.0714. The predicted molar refractivity (Wildman–Crippen MR) is 142 cm³/mol. The number of sulfonamides is 1. The van der Waals surface area contributed by atoms with Gasteiger partial charge in [-0.05, 0) is 42.0 Å². The summed E-state index contributed by atoms with van der Waals surface area (Å²) >= 11 is 0. The summed E-state index contributed by atoms with van der Waals surface area (Å²) in [6.07, 6.45) is 1.28. The molecule has 4 aromatic carbocycles. The van der Waals surface area contributed by atoms with Crippen molar-refractivity contribution in [1.82, 2.24) is 5.43 Å². The Labute approximate surface area is 215 Å². The molecule has 0 saturated carbocycles. The van der Waals surface area contributed by atoms with E-state index in [1.165, 1.54) is 35.8 Å². The summed E-state index contributed by atoms with van der Waals surface area (Å²) in [5.41, 5.74) is 3.83.